The van der Waals surface area contributed by atoms with Gasteiger partial charge in [0.15, 0.2) is 0 Å². The van der Waals surface area contributed by atoms with Crippen LogP contribution in [0.1, 0.15) is 39.0 Å². The second kappa shape index (κ2) is 4.35. The maximum Gasteiger partial charge on any atom is 0.328 e. The Hall–Kier alpha value is -0.990. The summed E-state index contributed by atoms with van der Waals surface area (Å²) in [4.78, 5) is 12.1. The SMILES string of the molecule is CCCn1ccn(CC2CC3CCC2C3)c1=O. The van der Waals surface area contributed by atoms with E-state index >= 15 is 0 Å². The highest BCUT2D eigenvalue weighted by Gasteiger charge is 2.39. The molecule has 1 aromatic rings. The summed E-state index contributed by atoms with van der Waals surface area (Å²) in [7, 11) is 0. The predicted molar refractivity (Wildman–Crippen MR) is 67.9 cm³/mol. The van der Waals surface area contributed by atoms with E-state index in [4.69, 9.17) is 0 Å². The smallest absolute Gasteiger partial charge is 0.299 e. The van der Waals surface area contributed by atoms with E-state index in [0.717, 1.165) is 37.3 Å². The minimum absolute atomic E-state index is 0.189. The zero-order valence-electron chi connectivity index (χ0n) is 10.6. The van der Waals surface area contributed by atoms with Crippen molar-refractivity contribution < 1.29 is 0 Å². The molecule has 0 N–H and O–H groups in total. The van der Waals surface area contributed by atoms with Gasteiger partial charge >= 0.3 is 5.69 Å². The maximum absolute atomic E-state index is 12.1. The molecule has 2 aliphatic rings. The molecule has 1 heterocycles. The fraction of sp³-hybridized carbons (Fsp3) is 0.786. The average molecular weight is 234 g/mol. The molecule has 1 aromatic heterocycles. The molecule has 3 heteroatoms. The third kappa shape index (κ3) is 1.96. The number of aromatic nitrogens is 2. The number of hydrogen-bond donors (Lipinski definition) is 0. The van der Waals surface area contributed by atoms with Gasteiger partial charge in [0.2, 0.25) is 0 Å². The summed E-state index contributed by atoms with van der Waals surface area (Å²) < 4.78 is 3.77. The van der Waals surface area contributed by atoms with Gasteiger partial charge in [0.1, 0.15) is 0 Å². The van der Waals surface area contributed by atoms with Crippen molar-refractivity contribution in [2.45, 2.75) is 52.1 Å². The second-order valence-electron chi connectivity index (χ2n) is 5.86. The zero-order chi connectivity index (χ0) is 11.8. The van der Waals surface area contributed by atoms with Crippen LogP contribution in [0.25, 0.3) is 0 Å². The summed E-state index contributed by atoms with van der Waals surface area (Å²) >= 11 is 0. The first-order valence-electron chi connectivity index (χ1n) is 7.03. The molecule has 0 aromatic carbocycles. The molecule has 0 saturated heterocycles. The molecule has 2 bridgehead atoms. The van der Waals surface area contributed by atoms with E-state index < -0.39 is 0 Å². The summed E-state index contributed by atoms with van der Waals surface area (Å²) in [5.74, 6) is 2.64. The number of aryl methyl sites for hydroxylation is 1. The van der Waals surface area contributed by atoms with Gasteiger partial charge in [0.25, 0.3) is 0 Å². The quantitative estimate of drug-likeness (QED) is 0.786. The molecule has 2 saturated carbocycles. The van der Waals surface area contributed by atoms with E-state index in [1.807, 2.05) is 21.5 Å². The normalized spacial score (nSPS) is 31.2. The van der Waals surface area contributed by atoms with Crippen molar-refractivity contribution in [3.05, 3.63) is 22.9 Å². The van der Waals surface area contributed by atoms with Crippen molar-refractivity contribution in [3.8, 4) is 0 Å². The molecule has 17 heavy (non-hydrogen) atoms. The highest BCUT2D eigenvalue weighted by Crippen LogP contribution is 2.48. The molecule has 0 amide bonds. The molecule has 3 nitrogen and oxygen atoms in total. The third-order valence-electron chi connectivity index (χ3n) is 4.70. The number of rotatable bonds is 4. The fourth-order valence-corrected chi connectivity index (χ4v) is 3.86. The van der Waals surface area contributed by atoms with E-state index in [1.54, 1.807) is 0 Å². The van der Waals surface area contributed by atoms with Crippen LogP contribution in [0, 0.1) is 17.8 Å². The second-order valence-corrected chi connectivity index (χ2v) is 5.86. The Morgan fingerprint density at radius 1 is 1.24 bits per heavy atom. The number of imidazole rings is 1. The highest BCUT2D eigenvalue weighted by molar-refractivity contribution is 4.91. The Kier molecular flexibility index (Phi) is 2.85. The number of nitrogens with zero attached hydrogens (tertiary/aromatic N) is 2. The molecule has 3 rings (SSSR count). The predicted octanol–water partition coefficient (Wildman–Crippen LogP) is 2.50. The Balaban J connectivity index is 1.71. The third-order valence-corrected chi connectivity index (χ3v) is 4.70. The van der Waals surface area contributed by atoms with E-state index in [1.165, 1.54) is 25.7 Å². The lowest BCUT2D eigenvalue weighted by Crippen LogP contribution is -2.28. The summed E-state index contributed by atoms with van der Waals surface area (Å²) in [5.41, 5.74) is 0.189. The standard InChI is InChI=1S/C14H22N2O/c1-2-5-15-6-7-16(14(15)17)10-13-9-11-3-4-12(13)8-11/h6-7,11-13H,2-5,8-10H2,1H3. The summed E-state index contributed by atoms with van der Waals surface area (Å²) in [6.45, 7) is 3.92. The lowest BCUT2D eigenvalue weighted by atomic mass is 9.89. The molecular formula is C14H22N2O. The van der Waals surface area contributed by atoms with Crippen molar-refractivity contribution in [2.75, 3.05) is 0 Å². The van der Waals surface area contributed by atoms with Crippen LogP contribution < -0.4 is 5.69 Å². The van der Waals surface area contributed by atoms with Gasteiger partial charge in [-0.2, -0.15) is 0 Å². The number of hydrogen-bond acceptors (Lipinski definition) is 1. The minimum Gasteiger partial charge on any atom is -0.299 e. The molecular weight excluding hydrogens is 212 g/mol. The van der Waals surface area contributed by atoms with Gasteiger partial charge in [0, 0.05) is 25.5 Å². The first-order chi connectivity index (χ1) is 8.28. The van der Waals surface area contributed by atoms with Crippen molar-refractivity contribution >= 4 is 0 Å². The van der Waals surface area contributed by atoms with Crippen molar-refractivity contribution in [1.82, 2.24) is 9.13 Å². The molecule has 0 aliphatic heterocycles. The summed E-state index contributed by atoms with van der Waals surface area (Å²) in [5, 5.41) is 0. The van der Waals surface area contributed by atoms with Gasteiger partial charge in [-0.1, -0.05) is 13.3 Å². The fourth-order valence-electron chi connectivity index (χ4n) is 3.86. The van der Waals surface area contributed by atoms with E-state index in [2.05, 4.69) is 6.92 Å². The first kappa shape index (κ1) is 11.1. The molecule has 3 unspecified atom stereocenters. The van der Waals surface area contributed by atoms with E-state index in [0.29, 0.717) is 0 Å². The van der Waals surface area contributed by atoms with Gasteiger partial charge in [-0.05, 0) is 43.4 Å². The summed E-state index contributed by atoms with van der Waals surface area (Å²) in [6.07, 6.45) is 10.6. The van der Waals surface area contributed by atoms with Crippen molar-refractivity contribution in [2.24, 2.45) is 17.8 Å². The molecule has 94 valence electrons. The molecule has 2 fully saturated rings. The molecule has 2 aliphatic carbocycles. The highest BCUT2D eigenvalue weighted by atomic mass is 16.1. The van der Waals surface area contributed by atoms with Crippen LogP contribution in [-0.2, 0) is 13.1 Å². The minimum atomic E-state index is 0.189. The first-order valence-corrected chi connectivity index (χ1v) is 7.03. The van der Waals surface area contributed by atoms with Crippen LogP contribution in [0.2, 0.25) is 0 Å². The maximum atomic E-state index is 12.1. The Bertz CT molecular complexity index is 445. The van der Waals surface area contributed by atoms with Gasteiger partial charge in [0.05, 0.1) is 0 Å². The van der Waals surface area contributed by atoms with Crippen molar-refractivity contribution in [3.63, 3.8) is 0 Å². The van der Waals surface area contributed by atoms with Gasteiger partial charge in [-0.15, -0.1) is 0 Å². The zero-order valence-corrected chi connectivity index (χ0v) is 10.6. The van der Waals surface area contributed by atoms with Crippen LogP contribution in [0.3, 0.4) is 0 Å². The van der Waals surface area contributed by atoms with Gasteiger partial charge in [-0.25, -0.2) is 4.79 Å². The van der Waals surface area contributed by atoms with Crippen LogP contribution in [0.4, 0.5) is 0 Å². The van der Waals surface area contributed by atoms with Crippen LogP contribution in [0.5, 0.6) is 0 Å². The lowest BCUT2D eigenvalue weighted by Gasteiger charge is -2.21. The largest absolute Gasteiger partial charge is 0.328 e. The monoisotopic (exact) mass is 234 g/mol. The topological polar surface area (TPSA) is 26.9 Å². The Morgan fingerprint density at radius 2 is 2.06 bits per heavy atom. The Morgan fingerprint density at radius 3 is 2.71 bits per heavy atom. The van der Waals surface area contributed by atoms with Crippen LogP contribution >= 0.6 is 0 Å². The van der Waals surface area contributed by atoms with Crippen LogP contribution in [0.15, 0.2) is 17.2 Å². The summed E-state index contributed by atoms with van der Waals surface area (Å²) in [6, 6.07) is 0. The van der Waals surface area contributed by atoms with E-state index in [9.17, 15) is 4.79 Å². The molecule has 0 spiro atoms. The Labute approximate surface area is 102 Å². The lowest BCUT2D eigenvalue weighted by molar-refractivity contribution is 0.292. The van der Waals surface area contributed by atoms with Crippen LogP contribution in [-0.4, -0.2) is 9.13 Å². The van der Waals surface area contributed by atoms with Crippen molar-refractivity contribution in [1.29, 1.82) is 0 Å². The van der Waals surface area contributed by atoms with E-state index in [-0.39, 0.29) is 5.69 Å². The van der Waals surface area contributed by atoms with Gasteiger partial charge < -0.3 is 0 Å². The number of fused-ring (bicyclic) bond motifs is 2. The van der Waals surface area contributed by atoms with Gasteiger partial charge in [-0.3, -0.25) is 9.13 Å². The molecule has 3 atom stereocenters. The average Bonchev–Trinajstić information content (AvgIpc) is 3.00. The molecule has 0 radical (unpaired) electrons.